The van der Waals surface area contributed by atoms with Gasteiger partial charge in [-0.2, -0.15) is 12.6 Å². The summed E-state index contributed by atoms with van der Waals surface area (Å²) in [6, 6.07) is 3.00. The molecule has 13 heavy (non-hydrogen) atoms. The first kappa shape index (κ1) is 8.88. The minimum absolute atomic E-state index is 0.109. The Hall–Kier alpha value is -0.700. The van der Waals surface area contributed by atoms with Crippen LogP contribution in [0.2, 0.25) is 0 Å². The summed E-state index contributed by atoms with van der Waals surface area (Å²) in [6.45, 7) is 2.53. The van der Waals surface area contributed by atoms with Gasteiger partial charge in [-0.15, -0.1) is 0 Å². The summed E-state index contributed by atoms with van der Waals surface area (Å²) in [5.74, 6) is 0.605. The van der Waals surface area contributed by atoms with Crippen LogP contribution in [0.1, 0.15) is 22.8 Å². The van der Waals surface area contributed by atoms with Gasteiger partial charge in [-0.25, -0.2) is 4.39 Å². The second kappa shape index (κ2) is 3.22. The molecule has 0 aliphatic carbocycles. The maximum Gasteiger partial charge on any atom is 0.126 e. The molecule has 0 saturated carbocycles. The summed E-state index contributed by atoms with van der Waals surface area (Å²) in [5.41, 5.74) is 1.74. The van der Waals surface area contributed by atoms with E-state index in [0.29, 0.717) is 6.61 Å². The van der Waals surface area contributed by atoms with Crippen molar-refractivity contribution in [2.45, 2.75) is 18.6 Å². The van der Waals surface area contributed by atoms with Gasteiger partial charge in [0.2, 0.25) is 0 Å². The molecule has 0 saturated heterocycles. The smallest absolute Gasteiger partial charge is 0.126 e. The lowest BCUT2D eigenvalue weighted by Crippen LogP contribution is -2.12. The summed E-state index contributed by atoms with van der Waals surface area (Å²) in [6.07, 6.45) is 0.846. The number of rotatable bonds is 0. The lowest BCUT2D eigenvalue weighted by Gasteiger charge is -2.23. The van der Waals surface area contributed by atoms with Crippen LogP contribution in [0.25, 0.3) is 0 Å². The maximum absolute atomic E-state index is 13.0. The second-order valence-electron chi connectivity index (χ2n) is 3.29. The van der Waals surface area contributed by atoms with Crippen LogP contribution in [-0.2, 0) is 0 Å². The van der Waals surface area contributed by atoms with Crippen molar-refractivity contribution in [3.63, 3.8) is 0 Å². The monoisotopic (exact) mass is 198 g/mol. The number of aryl methyl sites for hydroxylation is 1. The summed E-state index contributed by atoms with van der Waals surface area (Å²) in [4.78, 5) is 0. The molecular weight excluding hydrogens is 187 g/mol. The Bertz CT molecular complexity index is 338. The van der Waals surface area contributed by atoms with Gasteiger partial charge >= 0.3 is 0 Å². The van der Waals surface area contributed by atoms with E-state index >= 15 is 0 Å². The summed E-state index contributed by atoms with van der Waals surface area (Å²) < 4.78 is 18.5. The molecule has 3 heteroatoms. The molecule has 1 unspecified atom stereocenters. The van der Waals surface area contributed by atoms with Crippen LogP contribution < -0.4 is 4.74 Å². The quantitative estimate of drug-likeness (QED) is 0.631. The zero-order chi connectivity index (χ0) is 9.42. The molecule has 1 atom stereocenters. The van der Waals surface area contributed by atoms with Crippen LogP contribution in [0.15, 0.2) is 12.1 Å². The van der Waals surface area contributed by atoms with Crippen molar-refractivity contribution in [2.75, 3.05) is 6.61 Å². The fourth-order valence-corrected chi connectivity index (χ4v) is 1.93. The predicted molar refractivity (Wildman–Crippen MR) is 53.0 cm³/mol. The van der Waals surface area contributed by atoms with Crippen molar-refractivity contribution >= 4 is 12.6 Å². The normalized spacial score (nSPS) is 20.7. The standard InChI is InChI=1S/C10H11FOS/c1-6-4-7(11)5-8-9(13)2-3-12-10(6)8/h4-5,9,13H,2-3H2,1H3. The molecule has 2 rings (SSSR count). The molecule has 0 radical (unpaired) electrons. The van der Waals surface area contributed by atoms with Gasteiger partial charge < -0.3 is 4.74 Å². The lowest BCUT2D eigenvalue weighted by atomic mass is 10.0. The molecule has 1 aliphatic rings. The van der Waals surface area contributed by atoms with Gasteiger partial charge in [-0.05, 0) is 31.0 Å². The molecule has 0 bridgehead atoms. The minimum Gasteiger partial charge on any atom is -0.493 e. The Morgan fingerprint density at radius 3 is 3.08 bits per heavy atom. The first-order chi connectivity index (χ1) is 6.18. The average molecular weight is 198 g/mol. The highest BCUT2D eigenvalue weighted by molar-refractivity contribution is 7.80. The van der Waals surface area contributed by atoms with Gasteiger partial charge in [-0.1, -0.05) is 0 Å². The number of hydrogen-bond acceptors (Lipinski definition) is 2. The molecule has 1 aliphatic heterocycles. The van der Waals surface area contributed by atoms with Crippen LogP contribution in [0.3, 0.4) is 0 Å². The first-order valence-corrected chi connectivity index (χ1v) is 4.81. The number of fused-ring (bicyclic) bond motifs is 1. The molecule has 0 spiro atoms. The van der Waals surface area contributed by atoms with Crippen LogP contribution in [0.4, 0.5) is 4.39 Å². The summed E-state index contributed by atoms with van der Waals surface area (Å²) in [5, 5.41) is 0.109. The largest absolute Gasteiger partial charge is 0.493 e. The molecular formula is C10H11FOS. The molecule has 1 aromatic carbocycles. The van der Waals surface area contributed by atoms with E-state index in [1.54, 1.807) is 0 Å². The van der Waals surface area contributed by atoms with E-state index in [4.69, 9.17) is 4.74 Å². The Kier molecular flexibility index (Phi) is 2.20. The third-order valence-corrected chi connectivity index (χ3v) is 2.80. The van der Waals surface area contributed by atoms with Crippen molar-refractivity contribution in [3.8, 4) is 5.75 Å². The third-order valence-electron chi connectivity index (χ3n) is 2.26. The zero-order valence-electron chi connectivity index (χ0n) is 7.38. The van der Waals surface area contributed by atoms with Gasteiger partial charge in [0.15, 0.2) is 0 Å². The summed E-state index contributed by atoms with van der Waals surface area (Å²) in [7, 11) is 0. The highest BCUT2D eigenvalue weighted by Crippen LogP contribution is 2.38. The van der Waals surface area contributed by atoms with Crippen LogP contribution >= 0.6 is 12.6 Å². The van der Waals surface area contributed by atoms with E-state index in [2.05, 4.69) is 12.6 Å². The number of benzene rings is 1. The van der Waals surface area contributed by atoms with Gasteiger partial charge in [0.25, 0.3) is 0 Å². The predicted octanol–water partition coefficient (Wildman–Crippen LogP) is 2.89. The lowest BCUT2D eigenvalue weighted by molar-refractivity contribution is 0.284. The molecule has 1 aromatic rings. The van der Waals surface area contributed by atoms with Crippen molar-refractivity contribution in [3.05, 3.63) is 29.1 Å². The van der Waals surface area contributed by atoms with E-state index in [1.165, 1.54) is 12.1 Å². The van der Waals surface area contributed by atoms with E-state index < -0.39 is 0 Å². The van der Waals surface area contributed by atoms with Gasteiger partial charge in [0.1, 0.15) is 11.6 Å². The second-order valence-corrected chi connectivity index (χ2v) is 3.92. The topological polar surface area (TPSA) is 9.23 Å². The van der Waals surface area contributed by atoms with Crippen molar-refractivity contribution in [2.24, 2.45) is 0 Å². The van der Waals surface area contributed by atoms with Gasteiger partial charge in [0.05, 0.1) is 6.61 Å². The zero-order valence-corrected chi connectivity index (χ0v) is 8.27. The number of thiol groups is 1. The van der Waals surface area contributed by atoms with Gasteiger partial charge in [-0.3, -0.25) is 0 Å². The Morgan fingerprint density at radius 2 is 2.31 bits per heavy atom. The van der Waals surface area contributed by atoms with Crippen molar-refractivity contribution in [1.82, 2.24) is 0 Å². The Morgan fingerprint density at radius 1 is 1.54 bits per heavy atom. The first-order valence-electron chi connectivity index (χ1n) is 4.29. The number of ether oxygens (including phenoxy) is 1. The molecule has 0 N–H and O–H groups in total. The van der Waals surface area contributed by atoms with Crippen molar-refractivity contribution in [1.29, 1.82) is 0 Å². The fourth-order valence-electron chi connectivity index (χ4n) is 1.63. The van der Waals surface area contributed by atoms with Crippen LogP contribution in [-0.4, -0.2) is 6.61 Å². The number of hydrogen-bond donors (Lipinski definition) is 1. The van der Waals surface area contributed by atoms with E-state index in [9.17, 15) is 4.39 Å². The maximum atomic E-state index is 13.0. The fraction of sp³-hybridized carbons (Fsp3) is 0.400. The summed E-state index contributed by atoms with van der Waals surface area (Å²) >= 11 is 4.39. The van der Waals surface area contributed by atoms with E-state index in [-0.39, 0.29) is 11.1 Å². The molecule has 0 fully saturated rings. The Labute approximate surface area is 82.3 Å². The third kappa shape index (κ3) is 1.53. The highest BCUT2D eigenvalue weighted by atomic mass is 32.1. The molecule has 1 nitrogen and oxygen atoms in total. The number of halogens is 1. The average Bonchev–Trinajstić information content (AvgIpc) is 2.07. The molecule has 0 aromatic heterocycles. The van der Waals surface area contributed by atoms with E-state index in [1.807, 2.05) is 6.92 Å². The van der Waals surface area contributed by atoms with E-state index in [0.717, 1.165) is 23.3 Å². The Balaban J connectivity index is 2.56. The molecule has 70 valence electrons. The van der Waals surface area contributed by atoms with Gasteiger partial charge in [0, 0.05) is 10.8 Å². The SMILES string of the molecule is Cc1cc(F)cc2c1OCCC2S. The minimum atomic E-state index is -0.208. The van der Waals surface area contributed by atoms with Crippen LogP contribution in [0, 0.1) is 12.7 Å². The highest BCUT2D eigenvalue weighted by Gasteiger charge is 2.20. The van der Waals surface area contributed by atoms with Crippen molar-refractivity contribution < 1.29 is 9.13 Å². The molecule has 1 heterocycles. The van der Waals surface area contributed by atoms with Crippen LogP contribution in [0.5, 0.6) is 5.75 Å². The molecule has 0 amide bonds.